The van der Waals surface area contributed by atoms with E-state index in [2.05, 4.69) is 0 Å². The Kier molecular flexibility index (Phi) is 7.82. The van der Waals surface area contributed by atoms with Crippen LogP contribution in [0.5, 0.6) is 0 Å². The molecule has 1 unspecified atom stereocenters. The SMILES string of the molecule is CCn1c(=O)c(C(=O)CN(CC(N)O)C(C)C)c(N)n(Cc2ccc(F)c(F)c2)c1=O. The molecule has 5 N–H and O–H groups in total. The number of ketones is 1. The number of Topliss-reactive ketones (excluding diaryl/α,β-unsaturated/α-hetero) is 1. The minimum absolute atomic E-state index is 0.0141. The van der Waals surface area contributed by atoms with Gasteiger partial charge in [0, 0.05) is 19.1 Å². The van der Waals surface area contributed by atoms with E-state index >= 15 is 0 Å². The first kappa shape index (κ1) is 24.4. The number of hydrogen-bond acceptors (Lipinski definition) is 7. The molecule has 0 aliphatic rings. The predicted octanol–water partition coefficient (Wildman–Crippen LogP) is 0.109. The number of halogens is 2. The van der Waals surface area contributed by atoms with Crippen LogP contribution in [0.3, 0.4) is 0 Å². The van der Waals surface area contributed by atoms with E-state index in [9.17, 15) is 28.3 Å². The zero-order valence-electron chi connectivity index (χ0n) is 17.6. The summed E-state index contributed by atoms with van der Waals surface area (Å²) in [5, 5.41) is 9.46. The van der Waals surface area contributed by atoms with Crippen LogP contribution in [0.15, 0.2) is 27.8 Å². The maximum absolute atomic E-state index is 13.6. The third-order valence-corrected chi connectivity index (χ3v) is 4.89. The number of carbonyl (C=O) groups excluding carboxylic acids is 1. The molecule has 2 rings (SSSR count). The largest absolute Gasteiger partial charge is 0.384 e. The summed E-state index contributed by atoms with van der Waals surface area (Å²) < 4.78 is 28.6. The molecular weight excluding hydrogens is 412 g/mol. The predicted molar refractivity (Wildman–Crippen MR) is 112 cm³/mol. The van der Waals surface area contributed by atoms with E-state index in [1.807, 2.05) is 0 Å². The summed E-state index contributed by atoms with van der Waals surface area (Å²) in [4.78, 5) is 40.1. The molecule has 1 heterocycles. The van der Waals surface area contributed by atoms with Crippen molar-refractivity contribution >= 4 is 11.6 Å². The minimum Gasteiger partial charge on any atom is -0.384 e. The second kappa shape index (κ2) is 9.94. The fourth-order valence-electron chi connectivity index (χ4n) is 3.19. The number of aromatic nitrogens is 2. The first-order valence-electron chi connectivity index (χ1n) is 9.75. The van der Waals surface area contributed by atoms with Crippen LogP contribution in [0.1, 0.15) is 36.7 Å². The van der Waals surface area contributed by atoms with Gasteiger partial charge in [-0.25, -0.2) is 13.6 Å². The molecular formula is C20H27F2N5O4. The first-order chi connectivity index (χ1) is 14.5. The summed E-state index contributed by atoms with van der Waals surface area (Å²) in [5.74, 6) is -3.17. The molecule has 0 aliphatic heterocycles. The quantitative estimate of drug-likeness (QED) is 0.373. The topological polar surface area (TPSA) is 137 Å². The molecule has 1 aromatic carbocycles. The molecule has 1 atom stereocenters. The molecule has 170 valence electrons. The zero-order valence-corrected chi connectivity index (χ0v) is 17.6. The number of carbonyl (C=O) groups is 1. The fourth-order valence-corrected chi connectivity index (χ4v) is 3.19. The number of benzene rings is 1. The van der Waals surface area contributed by atoms with Crippen molar-refractivity contribution < 1.29 is 18.7 Å². The van der Waals surface area contributed by atoms with Gasteiger partial charge < -0.3 is 16.6 Å². The third-order valence-electron chi connectivity index (χ3n) is 4.89. The Bertz CT molecular complexity index is 1080. The molecule has 0 aliphatic carbocycles. The van der Waals surface area contributed by atoms with Crippen molar-refractivity contribution in [2.24, 2.45) is 5.73 Å². The first-order valence-corrected chi connectivity index (χ1v) is 9.75. The highest BCUT2D eigenvalue weighted by Crippen LogP contribution is 2.14. The molecule has 0 amide bonds. The number of aliphatic hydroxyl groups excluding tert-OH is 1. The highest BCUT2D eigenvalue weighted by molar-refractivity contribution is 6.01. The van der Waals surface area contributed by atoms with Gasteiger partial charge in [0.05, 0.1) is 13.1 Å². The van der Waals surface area contributed by atoms with Crippen LogP contribution < -0.4 is 22.7 Å². The van der Waals surface area contributed by atoms with Gasteiger partial charge in [0.1, 0.15) is 17.6 Å². The number of anilines is 1. The summed E-state index contributed by atoms with van der Waals surface area (Å²) >= 11 is 0. The van der Waals surface area contributed by atoms with Crippen LogP contribution in [-0.4, -0.2) is 50.3 Å². The minimum atomic E-state index is -1.19. The zero-order chi connectivity index (χ0) is 23.5. The Hall–Kier alpha value is -2.89. The Morgan fingerprint density at radius 3 is 2.35 bits per heavy atom. The average Bonchev–Trinajstić information content (AvgIpc) is 2.67. The lowest BCUT2D eigenvalue weighted by atomic mass is 10.1. The summed E-state index contributed by atoms with van der Waals surface area (Å²) in [6, 6.07) is 2.92. The Balaban J connectivity index is 2.56. The van der Waals surface area contributed by atoms with Crippen molar-refractivity contribution in [3.63, 3.8) is 0 Å². The Morgan fingerprint density at radius 1 is 1.19 bits per heavy atom. The summed E-state index contributed by atoms with van der Waals surface area (Å²) in [5.41, 5.74) is 9.68. The van der Waals surface area contributed by atoms with Gasteiger partial charge in [-0.05, 0) is 38.5 Å². The summed E-state index contributed by atoms with van der Waals surface area (Å²) in [6.07, 6.45) is -1.19. The summed E-state index contributed by atoms with van der Waals surface area (Å²) in [7, 11) is 0. The standard InChI is InChI=1S/C20H27F2N5O4/c1-4-26-19(30)17(15(28)9-25(11(2)3)10-16(23)29)18(24)27(20(26)31)8-12-5-6-13(21)14(22)7-12/h5-7,11,16,29H,4,8-10,23-24H2,1-3H3. The number of aliphatic hydroxyl groups is 1. The normalized spacial score (nSPS) is 12.5. The second-order valence-corrected chi connectivity index (χ2v) is 7.44. The summed E-state index contributed by atoms with van der Waals surface area (Å²) in [6.45, 7) is 4.56. The number of nitrogens with zero attached hydrogens (tertiary/aromatic N) is 3. The molecule has 9 nitrogen and oxygen atoms in total. The van der Waals surface area contributed by atoms with Gasteiger partial charge in [-0.15, -0.1) is 0 Å². The van der Waals surface area contributed by atoms with Crippen molar-refractivity contribution in [2.75, 3.05) is 18.8 Å². The molecule has 2 aromatic rings. The molecule has 1 aromatic heterocycles. The molecule has 0 saturated carbocycles. The van der Waals surface area contributed by atoms with Crippen LogP contribution in [-0.2, 0) is 13.1 Å². The number of nitrogen functional groups attached to an aromatic ring is 1. The molecule has 0 fully saturated rings. The van der Waals surface area contributed by atoms with Crippen molar-refractivity contribution in [3.05, 3.63) is 61.8 Å². The van der Waals surface area contributed by atoms with E-state index < -0.39 is 34.9 Å². The van der Waals surface area contributed by atoms with Gasteiger partial charge in [-0.3, -0.25) is 23.6 Å². The molecule has 11 heteroatoms. The van der Waals surface area contributed by atoms with Gasteiger partial charge >= 0.3 is 5.69 Å². The van der Waals surface area contributed by atoms with E-state index in [1.54, 1.807) is 25.7 Å². The van der Waals surface area contributed by atoms with Crippen LogP contribution in [0.4, 0.5) is 14.6 Å². The lowest BCUT2D eigenvalue weighted by molar-refractivity contribution is 0.0773. The Labute approximate surface area is 177 Å². The monoisotopic (exact) mass is 439 g/mol. The average molecular weight is 439 g/mol. The number of rotatable bonds is 9. The van der Waals surface area contributed by atoms with E-state index in [4.69, 9.17) is 11.5 Å². The van der Waals surface area contributed by atoms with E-state index in [0.717, 1.165) is 21.3 Å². The molecule has 0 bridgehead atoms. The van der Waals surface area contributed by atoms with Gasteiger partial charge in [0.15, 0.2) is 17.4 Å². The van der Waals surface area contributed by atoms with E-state index in [-0.39, 0.29) is 49.2 Å². The number of nitrogens with two attached hydrogens (primary N) is 2. The van der Waals surface area contributed by atoms with Crippen LogP contribution in [0.25, 0.3) is 0 Å². The lowest BCUT2D eigenvalue weighted by Gasteiger charge is -2.27. The van der Waals surface area contributed by atoms with Gasteiger partial charge in [0.2, 0.25) is 0 Å². The van der Waals surface area contributed by atoms with E-state index in [1.165, 1.54) is 6.07 Å². The smallest absolute Gasteiger partial charge is 0.332 e. The van der Waals surface area contributed by atoms with Gasteiger partial charge in [-0.2, -0.15) is 0 Å². The maximum atomic E-state index is 13.6. The van der Waals surface area contributed by atoms with Gasteiger partial charge in [0.25, 0.3) is 5.56 Å². The van der Waals surface area contributed by atoms with Crippen molar-refractivity contribution in [1.82, 2.24) is 14.0 Å². The van der Waals surface area contributed by atoms with E-state index in [0.29, 0.717) is 0 Å². The van der Waals surface area contributed by atoms with Crippen LogP contribution in [0, 0.1) is 11.6 Å². The molecule has 0 radical (unpaired) electrons. The van der Waals surface area contributed by atoms with Crippen molar-refractivity contribution in [2.45, 2.75) is 46.1 Å². The molecule has 0 saturated heterocycles. The molecule has 31 heavy (non-hydrogen) atoms. The van der Waals surface area contributed by atoms with Crippen LogP contribution in [0.2, 0.25) is 0 Å². The highest BCUT2D eigenvalue weighted by Gasteiger charge is 2.25. The maximum Gasteiger partial charge on any atom is 0.332 e. The van der Waals surface area contributed by atoms with Crippen molar-refractivity contribution in [1.29, 1.82) is 0 Å². The van der Waals surface area contributed by atoms with Crippen LogP contribution >= 0.6 is 0 Å². The second-order valence-electron chi connectivity index (χ2n) is 7.44. The molecule has 0 spiro atoms. The van der Waals surface area contributed by atoms with Gasteiger partial charge in [-0.1, -0.05) is 6.07 Å². The number of hydrogen-bond donors (Lipinski definition) is 3. The Morgan fingerprint density at radius 2 is 1.84 bits per heavy atom. The fraction of sp³-hybridized carbons (Fsp3) is 0.450. The highest BCUT2D eigenvalue weighted by atomic mass is 19.2. The van der Waals surface area contributed by atoms with Crippen molar-refractivity contribution in [3.8, 4) is 0 Å². The lowest BCUT2D eigenvalue weighted by Crippen LogP contribution is -2.47. The third kappa shape index (κ3) is 5.43.